The van der Waals surface area contributed by atoms with Gasteiger partial charge in [0, 0.05) is 17.9 Å². The van der Waals surface area contributed by atoms with Crippen molar-refractivity contribution in [2.75, 3.05) is 17.7 Å². The molecule has 2 aromatic carbocycles. The molecule has 1 amide bonds. The number of hydrogen-bond acceptors (Lipinski definition) is 4. The first kappa shape index (κ1) is 28.1. The van der Waals surface area contributed by atoms with Gasteiger partial charge in [-0.2, -0.15) is 26.3 Å². The van der Waals surface area contributed by atoms with Crippen molar-refractivity contribution in [2.24, 2.45) is 0 Å². The number of anilines is 1. The number of carbonyl (C=O) groups is 1. The Balaban J connectivity index is 2.03. The second kappa shape index (κ2) is 10.9. The lowest BCUT2D eigenvalue weighted by atomic mass is 10.00. The molecule has 0 spiro atoms. The Hall–Kier alpha value is -2.44. The van der Waals surface area contributed by atoms with E-state index < -0.39 is 53.5 Å². The third-order valence-corrected chi connectivity index (χ3v) is 6.71. The normalized spacial score (nSPS) is 17.7. The minimum Gasteiger partial charge on any atom is -0.598 e. The van der Waals surface area contributed by atoms with E-state index in [1.807, 2.05) is 0 Å². The molecule has 1 aliphatic heterocycles. The average molecular weight is 537 g/mol. The maximum atomic E-state index is 13.4. The smallest absolute Gasteiger partial charge is 0.416 e. The molecular formula is C24H26F6N2O3S. The number of nitrogens with zero attached hydrogens (tertiary/aromatic N) is 2. The Bertz CT molecular complexity index is 1040. The van der Waals surface area contributed by atoms with Crippen molar-refractivity contribution in [3.05, 3.63) is 64.7 Å². The van der Waals surface area contributed by atoms with Crippen molar-refractivity contribution in [1.82, 2.24) is 4.31 Å². The number of hydrogen-bond donors (Lipinski definition) is 0. The summed E-state index contributed by atoms with van der Waals surface area (Å²) in [6.45, 7) is 3.27. The summed E-state index contributed by atoms with van der Waals surface area (Å²) in [6, 6.07) is 7.50. The quantitative estimate of drug-likeness (QED) is 0.315. The van der Waals surface area contributed by atoms with Crippen molar-refractivity contribution >= 4 is 23.1 Å². The van der Waals surface area contributed by atoms with Crippen LogP contribution in [0.4, 0.5) is 36.8 Å². The number of para-hydroxylation sites is 1. The van der Waals surface area contributed by atoms with Gasteiger partial charge in [-0.1, -0.05) is 18.2 Å². The number of ether oxygens (including phenoxy) is 1. The molecule has 1 heterocycles. The minimum absolute atomic E-state index is 0.0654. The minimum atomic E-state index is -4.99. The number of alkyl halides is 6. The van der Waals surface area contributed by atoms with E-state index in [4.69, 9.17) is 4.74 Å². The van der Waals surface area contributed by atoms with E-state index in [-0.39, 0.29) is 24.3 Å². The molecule has 0 N–H and O–H groups in total. The highest BCUT2D eigenvalue weighted by atomic mass is 32.2. The van der Waals surface area contributed by atoms with E-state index in [0.717, 1.165) is 0 Å². The van der Waals surface area contributed by atoms with Crippen LogP contribution >= 0.6 is 0 Å². The van der Waals surface area contributed by atoms with Gasteiger partial charge in [0.1, 0.15) is 6.26 Å². The molecule has 36 heavy (non-hydrogen) atoms. The van der Waals surface area contributed by atoms with Crippen LogP contribution in [-0.4, -0.2) is 33.9 Å². The van der Waals surface area contributed by atoms with Crippen LogP contribution in [0.5, 0.6) is 0 Å². The summed E-state index contributed by atoms with van der Waals surface area (Å²) in [6.07, 6.45) is -8.79. The first-order valence-corrected chi connectivity index (χ1v) is 12.7. The number of rotatable bonds is 5. The molecule has 0 fully saturated rings. The molecule has 5 nitrogen and oxygen atoms in total. The molecule has 198 valence electrons. The molecular weight excluding hydrogens is 510 g/mol. The fraction of sp³-hybridized carbons (Fsp3) is 0.458. The topological polar surface area (TPSA) is 55.8 Å². The van der Waals surface area contributed by atoms with E-state index in [1.165, 1.54) is 15.5 Å². The van der Waals surface area contributed by atoms with Crippen molar-refractivity contribution in [2.45, 2.75) is 57.7 Å². The third-order valence-electron chi connectivity index (χ3n) is 5.67. The first-order valence-electron chi connectivity index (χ1n) is 11.1. The van der Waals surface area contributed by atoms with Gasteiger partial charge in [0.15, 0.2) is 0 Å². The number of amides is 1. The van der Waals surface area contributed by atoms with Gasteiger partial charge in [0.2, 0.25) is 0 Å². The van der Waals surface area contributed by atoms with Crippen LogP contribution in [0, 0.1) is 0 Å². The van der Waals surface area contributed by atoms with Gasteiger partial charge in [-0.3, -0.25) is 4.90 Å². The highest BCUT2D eigenvalue weighted by Crippen LogP contribution is 2.40. The Kier molecular flexibility index (Phi) is 8.51. The predicted molar refractivity (Wildman–Crippen MR) is 123 cm³/mol. The second-order valence-corrected chi connectivity index (χ2v) is 10.0. The average Bonchev–Trinajstić information content (AvgIpc) is 2.95. The summed E-state index contributed by atoms with van der Waals surface area (Å²) in [5.74, 6) is 0. The van der Waals surface area contributed by atoms with E-state index in [0.29, 0.717) is 36.2 Å². The lowest BCUT2D eigenvalue weighted by Crippen LogP contribution is -2.35. The summed E-state index contributed by atoms with van der Waals surface area (Å²) < 4.78 is 99.6. The summed E-state index contributed by atoms with van der Waals surface area (Å²) >= 11 is -1.77. The van der Waals surface area contributed by atoms with Crippen LogP contribution in [0.3, 0.4) is 0 Å². The van der Waals surface area contributed by atoms with Crippen LogP contribution in [0.2, 0.25) is 0 Å². The highest BCUT2D eigenvalue weighted by molar-refractivity contribution is 7.88. The number of fused-ring (bicyclic) bond motifs is 1. The first-order chi connectivity index (χ1) is 16.7. The molecule has 12 heteroatoms. The van der Waals surface area contributed by atoms with Crippen molar-refractivity contribution in [3.8, 4) is 0 Å². The van der Waals surface area contributed by atoms with Crippen molar-refractivity contribution < 1.29 is 40.4 Å². The third kappa shape index (κ3) is 6.65. The monoisotopic (exact) mass is 536 g/mol. The molecule has 0 bridgehead atoms. The Morgan fingerprint density at radius 2 is 1.69 bits per heavy atom. The maximum Gasteiger partial charge on any atom is 0.416 e. The molecule has 0 saturated heterocycles. The van der Waals surface area contributed by atoms with Gasteiger partial charge in [-0.15, -0.1) is 4.31 Å². The molecule has 3 rings (SSSR count). The summed E-state index contributed by atoms with van der Waals surface area (Å²) in [4.78, 5) is 14.1. The Labute approximate surface area is 208 Å². The maximum absolute atomic E-state index is 13.4. The zero-order valence-electron chi connectivity index (χ0n) is 19.8. The summed E-state index contributed by atoms with van der Waals surface area (Å²) in [7, 11) is 0. The second-order valence-electron chi connectivity index (χ2n) is 8.71. The van der Waals surface area contributed by atoms with Crippen LogP contribution in [0.15, 0.2) is 42.5 Å². The molecule has 1 aliphatic rings. The standard InChI is InChI=1S/C24H26F6N2O3S/c1-15(2)35-22(33)31-10-6-9-21(19-7-4-5-8-20(19)31)32(36(3)34)14-16-11-17(23(25,26)27)13-18(12-16)24(28,29)30/h4-5,7-8,11-13,15,21H,6,9-10,14H2,1-3H3. The summed E-state index contributed by atoms with van der Waals surface area (Å²) in [5, 5.41) is 0. The van der Waals surface area contributed by atoms with Crippen molar-refractivity contribution in [3.63, 3.8) is 0 Å². The molecule has 2 atom stereocenters. The molecule has 2 aromatic rings. The zero-order valence-corrected chi connectivity index (χ0v) is 20.6. The Morgan fingerprint density at radius 3 is 2.22 bits per heavy atom. The largest absolute Gasteiger partial charge is 0.598 e. The van der Waals surface area contributed by atoms with Crippen LogP contribution in [0.25, 0.3) is 0 Å². The number of benzene rings is 2. The van der Waals surface area contributed by atoms with E-state index in [2.05, 4.69) is 0 Å². The van der Waals surface area contributed by atoms with E-state index in [1.54, 1.807) is 38.1 Å². The van der Waals surface area contributed by atoms with Gasteiger partial charge in [-0.25, -0.2) is 4.79 Å². The highest BCUT2D eigenvalue weighted by Gasteiger charge is 2.39. The summed E-state index contributed by atoms with van der Waals surface area (Å²) in [5.41, 5.74) is -2.07. The van der Waals surface area contributed by atoms with Crippen LogP contribution in [-0.2, 0) is 35.0 Å². The lowest BCUT2D eigenvalue weighted by Gasteiger charge is -2.31. The molecule has 0 radical (unpaired) electrons. The lowest BCUT2D eigenvalue weighted by molar-refractivity contribution is -0.143. The van der Waals surface area contributed by atoms with Gasteiger partial charge < -0.3 is 9.29 Å². The van der Waals surface area contributed by atoms with E-state index >= 15 is 0 Å². The van der Waals surface area contributed by atoms with Gasteiger partial charge in [0.25, 0.3) is 0 Å². The molecule has 0 aliphatic carbocycles. The SMILES string of the molecule is CC(C)OC(=O)N1CCCC(N(Cc2cc(C(F)(F)F)cc(C(F)(F)F)c2)[S+](C)[O-])c2ccccc21. The van der Waals surface area contributed by atoms with Crippen LogP contribution < -0.4 is 4.90 Å². The zero-order chi connectivity index (χ0) is 26.8. The number of halogens is 6. The van der Waals surface area contributed by atoms with E-state index in [9.17, 15) is 35.7 Å². The molecule has 2 unspecified atom stereocenters. The fourth-order valence-corrected chi connectivity index (χ4v) is 5.07. The van der Waals surface area contributed by atoms with Crippen molar-refractivity contribution in [1.29, 1.82) is 0 Å². The van der Waals surface area contributed by atoms with Crippen LogP contribution in [0.1, 0.15) is 55.0 Å². The molecule has 0 aromatic heterocycles. The van der Waals surface area contributed by atoms with Gasteiger partial charge in [-0.05, 0) is 62.1 Å². The predicted octanol–water partition coefficient (Wildman–Crippen LogP) is 6.71. The molecule has 0 saturated carbocycles. The Morgan fingerprint density at radius 1 is 1.11 bits per heavy atom. The van der Waals surface area contributed by atoms with Gasteiger partial charge in [0.05, 0.1) is 35.5 Å². The number of carbonyl (C=O) groups excluding carboxylic acids is 1. The van der Waals surface area contributed by atoms with Gasteiger partial charge >= 0.3 is 18.4 Å². The fourth-order valence-electron chi connectivity index (χ4n) is 4.16.